The van der Waals surface area contributed by atoms with Gasteiger partial charge in [0.2, 0.25) is 0 Å². The van der Waals surface area contributed by atoms with E-state index in [4.69, 9.17) is 5.11 Å². The normalized spacial score (nSPS) is 10.6. The Bertz CT molecular complexity index is 566. The van der Waals surface area contributed by atoms with Crippen molar-refractivity contribution in [1.82, 2.24) is 9.55 Å². The Morgan fingerprint density at radius 3 is 2.95 bits per heavy atom. The highest BCUT2D eigenvalue weighted by Gasteiger charge is 2.10. The highest BCUT2D eigenvalue weighted by atomic mass is 32.2. The minimum atomic E-state index is -0.832. The number of benzene rings is 1. The van der Waals surface area contributed by atoms with E-state index in [1.54, 1.807) is 6.20 Å². The van der Waals surface area contributed by atoms with Crippen LogP contribution >= 0.6 is 11.8 Å². The number of para-hydroxylation sites is 1. The van der Waals surface area contributed by atoms with Crippen LogP contribution in [-0.2, 0) is 11.2 Å². The van der Waals surface area contributed by atoms with E-state index in [-0.39, 0.29) is 5.75 Å². The average Bonchev–Trinajstić information content (AvgIpc) is 2.85. The number of hydrogen-bond donors (Lipinski definition) is 1. The zero-order valence-electron chi connectivity index (χ0n) is 10.7. The van der Waals surface area contributed by atoms with Gasteiger partial charge in [-0.2, -0.15) is 0 Å². The van der Waals surface area contributed by atoms with Crippen LogP contribution in [-0.4, -0.2) is 26.4 Å². The van der Waals surface area contributed by atoms with E-state index in [1.807, 2.05) is 29.0 Å². The van der Waals surface area contributed by atoms with Crippen molar-refractivity contribution in [3.05, 3.63) is 42.2 Å². The molecule has 0 unspecified atom stereocenters. The van der Waals surface area contributed by atoms with E-state index >= 15 is 0 Å². The summed E-state index contributed by atoms with van der Waals surface area (Å²) in [4.78, 5) is 14.9. The number of imidazole rings is 1. The minimum absolute atomic E-state index is 0.0208. The van der Waals surface area contributed by atoms with Crippen molar-refractivity contribution in [3.8, 4) is 5.69 Å². The first-order valence-corrected chi connectivity index (χ1v) is 7.17. The topological polar surface area (TPSA) is 55.1 Å². The lowest BCUT2D eigenvalue weighted by Crippen LogP contribution is -2.03. The van der Waals surface area contributed by atoms with Crippen LogP contribution in [0.4, 0.5) is 0 Å². The van der Waals surface area contributed by atoms with Crippen LogP contribution < -0.4 is 0 Å². The number of nitrogens with zero attached hydrogens (tertiary/aromatic N) is 2. The molecular formula is C14H16N2O2S. The molecule has 2 rings (SSSR count). The fraction of sp³-hybridized carbons (Fsp3) is 0.286. The van der Waals surface area contributed by atoms with Gasteiger partial charge in [-0.25, -0.2) is 4.98 Å². The van der Waals surface area contributed by atoms with Gasteiger partial charge >= 0.3 is 5.97 Å². The van der Waals surface area contributed by atoms with Crippen LogP contribution in [0.3, 0.4) is 0 Å². The third-order valence-corrected chi connectivity index (χ3v) is 3.65. The number of aromatic nitrogens is 2. The monoisotopic (exact) mass is 276 g/mol. The number of aliphatic carboxylic acids is 1. The van der Waals surface area contributed by atoms with Gasteiger partial charge in [-0.05, 0) is 18.1 Å². The van der Waals surface area contributed by atoms with Gasteiger partial charge < -0.3 is 5.11 Å². The number of aryl methyl sites for hydroxylation is 1. The highest BCUT2D eigenvalue weighted by molar-refractivity contribution is 7.99. The second kappa shape index (κ2) is 6.43. The van der Waals surface area contributed by atoms with Crippen LogP contribution in [0.5, 0.6) is 0 Å². The molecule has 0 fully saturated rings. The molecule has 100 valence electrons. The summed E-state index contributed by atoms with van der Waals surface area (Å²) >= 11 is 1.24. The molecule has 0 atom stereocenters. The molecule has 0 aliphatic rings. The predicted molar refractivity (Wildman–Crippen MR) is 75.9 cm³/mol. The molecule has 0 bridgehead atoms. The van der Waals surface area contributed by atoms with Crippen molar-refractivity contribution >= 4 is 17.7 Å². The Labute approximate surface area is 116 Å². The van der Waals surface area contributed by atoms with Crippen molar-refractivity contribution in [3.63, 3.8) is 0 Å². The van der Waals surface area contributed by atoms with Crippen molar-refractivity contribution in [2.45, 2.75) is 24.9 Å². The molecule has 5 heteroatoms. The molecule has 1 aromatic heterocycles. The third kappa shape index (κ3) is 3.38. The van der Waals surface area contributed by atoms with Crippen molar-refractivity contribution in [1.29, 1.82) is 0 Å². The number of carboxylic acids is 1. The molecule has 1 heterocycles. The van der Waals surface area contributed by atoms with Gasteiger partial charge in [-0.1, -0.05) is 43.3 Å². The molecule has 1 aromatic carbocycles. The molecule has 0 amide bonds. The van der Waals surface area contributed by atoms with Gasteiger partial charge in [0.05, 0.1) is 11.4 Å². The van der Waals surface area contributed by atoms with Crippen molar-refractivity contribution in [2.75, 3.05) is 5.75 Å². The Morgan fingerprint density at radius 1 is 1.42 bits per heavy atom. The van der Waals surface area contributed by atoms with Gasteiger partial charge in [-0.3, -0.25) is 9.36 Å². The first-order valence-electron chi connectivity index (χ1n) is 6.18. The van der Waals surface area contributed by atoms with Gasteiger partial charge in [0.25, 0.3) is 0 Å². The third-order valence-electron chi connectivity index (χ3n) is 2.70. The summed E-state index contributed by atoms with van der Waals surface area (Å²) in [5.74, 6) is -0.811. The first kappa shape index (κ1) is 13.7. The van der Waals surface area contributed by atoms with Crippen LogP contribution in [0.2, 0.25) is 0 Å². The summed E-state index contributed by atoms with van der Waals surface area (Å²) < 4.78 is 1.96. The largest absolute Gasteiger partial charge is 0.481 e. The lowest BCUT2D eigenvalue weighted by atomic mass is 10.1. The van der Waals surface area contributed by atoms with Crippen molar-refractivity contribution < 1.29 is 9.90 Å². The van der Waals surface area contributed by atoms with Gasteiger partial charge in [0.15, 0.2) is 5.16 Å². The summed E-state index contributed by atoms with van der Waals surface area (Å²) in [6, 6.07) is 8.15. The number of carbonyl (C=O) groups is 1. The molecular weight excluding hydrogens is 260 g/mol. The number of carboxylic acid groups (broad SMARTS) is 1. The fourth-order valence-corrected chi connectivity index (χ4v) is 2.62. The summed E-state index contributed by atoms with van der Waals surface area (Å²) in [5, 5.41) is 9.47. The van der Waals surface area contributed by atoms with Crippen LogP contribution in [0.1, 0.15) is 18.9 Å². The average molecular weight is 276 g/mol. The van der Waals surface area contributed by atoms with Crippen molar-refractivity contribution in [2.24, 2.45) is 0 Å². The highest BCUT2D eigenvalue weighted by Crippen LogP contribution is 2.23. The number of hydrogen-bond acceptors (Lipinski definition) is 3. The molecule has 0 aliphatic carbocycles. The second-order valence-electron chi connectivity index (χ2n) is 4.14. The molecule has 19 heavy (non-hydrogen) atoms. The maximum absolute atomic E-state index is 10.7. The van der Waals surface area contributed by atoms with E-state index in [9.17, 15) is 4.79 Å². The molecule has 2 aromatic rings. The van der Waals surface area contributed by atoms with E-state index < -0.39 is 5.97 Å². The molecule has 1 N–H and O–H groups in total. The maximum Gasteiger partial charge on any atom is 0.313 e. The lowest BCUT2D eigenvalue weighted by molar-refractivity contribution is -0.133. The molecule has 0 saturated heterocycles. The second-order valence-corrected chi connectivity index (χ2v) is 5.08. The van der Waals surface area contributed by atoms with Gasteiger partial charge in [-0.15, -0.1) is 0 Å². The van der Waals surface area contributed by atoms with Gasteiger partial charge in [0, 0.05) is 12.4 Å². The smallest absolute Gasteiger partial charge is 0.313 e. The zero-order chi connectivity index (χ0) is 13.7. The Balaban J connectivity index is 2.31. The summed E-state index contributed by atoms with van der Waals surface area (Å²) in [7, 11) is 0. The van der Waals surface area contributed by atoms with Crippen LogP contribution in [0.15, 0.2) is 41.8 Å². The Kier molecular flexibility index (Phi) is 4.63. The van der Waals surface area contributed by atoms with E-state index in [0.29, 0.717) is 5.16 Å². The maximum atomic E-state index is 10.7. The Morgan fingerprint density at radius 2 is 2.21 bits per heavy atom. The summed E-state index contributed by atoms with van der Waals surface area (Å²) in [6.07, 6.45) is 5.65. The fourth-order valence-electron chi connectivity index (χ4n) is 1.93. The molecule has 0 saturated carbocycles. The molecule has 4 nitrogen and oxygen atoms in total. The number of rotatable bonds is 6. The standard InChI is InChI=1S/C14H16N2O2S/c1-2-5-11-6-3-4-7-12(11)16-9-8-15-14(16)19-10-13(17)18/h3-4,6-9H,2,5,10H2,1H3,(H,17,18). The Hall–Kier alpha value is -1.75. The predicted octanol–water partition coefficient (Wildman–Crippen LogP) is 3.00. The van der Waals surface area contributed by atoms with Crippen LogP contribution in [0, 0.1) is 0 Å². The van der Waals surface area contributed by atoms with E-state index in [0.717, 1.165) is 18.5 Å². The summed E-state index contributed by atoms with van der Waals surface area (Å²) in [5.41, 5.74) is 2.33. The summed E-state index contributed by atoms with van der Waals surface area (Å²) in [6.45, 7) is 2.14. The van der Waals surface area contributed by atoms with E-state index in [2.05, 4.69) is 18.0 Å². The molecule has 0 spiro atoms. The SMILES string of the molecule is CCCc1ccccc1-n1ccnc1SCC(=O)O. The quantitative estimate of drug-likeness (QED) is 0.824. The molecule has 0 aliphatic heterocycles. The minimum Gasteiger partial charge on any atom is -0.481 e. The molecule has 0 radical (unpaired) electrons. The van der Waals surface area contributed by atoms with Crippen LogP contribution in [0.25, 0.3) is 5.69 Å². The number of thioether (sulfide) groups is 1. The lowest BCUT2D eigenvalue weighted by Gasteiger charge is -2.11. The van der Waals surface area contributed by atoms with E-state index in [1.165, 1.54) is 17.3 Å². The zero-order valence-corrected chi connectivity index (χ0v) is 11.6. The van der Waals surface area contributed by atoms with Gasteiger partial charge in [0.1, 0.15) is 0 Å². The first-order chi connectivity index (χ1) is 9.22.